The molecule has 0 aliphatic carbocycles. The van der Waals surface area contributed by atoms with Crippen molar-refractivity contribution in [3.8, 4) is 22.6 Å². The number of aryl methyl sites for hydroxylation is 2. The maximum Gasteiger partial charge on any atom is 0.188 e. The van der Waals surface area contributed by atoms with E-state index in [9.17, 15) is 0 Å². The summed E-state index contributed by atoms with van der Waals surface area (Å²) in [4.78, 5) is 5.07. The molecule has 10 rings (SSSR count). The maximum absolute atomic E-state index is 5.07. The van der Waals surface area contributed by atoms with Gasteiger partial charge in [0, 0.05) is 50.6 Å². The third kappa shape index (κ3) is 6.39. The molecule has 10 aromatic rings. The van der Waals surface area contributed by atoms with Gasteiger partial charge in [-0.2, -0.15) is 35.5 Å². The number of nitrogens with zero attached hydrogens (tertiary/aromatic N) is 4. The van der Waals surface area contributed by atoms with Crippen molar-refractivity contribution in [2.45, 2.75) is 40.2 Å². The smallest absolute Gasteiger partial charge is 0.188 e. The molecule has 0 atom stereocenters. The second-order valence-electron chi connectivity index (χ2n) is 16.6. The zero-order valence-corrected chi connectivity index (χ0v) is 37.7. The largest absolute Gasteiger partial charge is 0.319 e. The van der Waals surface area contributed by atoms with Gasteiger partial charge in [-0.25, -0.2) is 14.1 Å². The van der Waals surface area contributed by atoms with Gasteiger partial charge in [0.15, 0.2) is 17.4 Å². The molecule has 60 heavy (non-hydrogen) atoms. The summed E-state index contributed by atoms with van der Waals surface area (Å²) < 4.78 is 6.99. The minimum absolute atomic E-state index is 0. The molecular formula is C54H45N4PtSi-. The monoisotopic (exact) mass is 972 g/mol. The number of aromatic nitrogens is 4. The van der Waals surface area contributed by atoms with Crippen molar-refractivity contribution in [1.82, 2.24) is 18.7 Å². The summed E-state index contributed by atoms with van der Waals surface area (Å²) in [5.41, 5.74) is 10.3. The third-order valence-corrected chi connectivity index (χ3v) is 16.5. The minimum atomic E-state index is -3.10. The second-order valence-corrected chi connectivity index (χ2v) is 20.3. The molecule has 0 bridgehead atoms. The van der Waals surface area contributed by atoms with Crippen molar-refractivity contribution >= 4 is 61.7 Å². The van der Waals surface area contributed by atoms with E-state index in [0.717, 1.165) is 44.2 Å². The molecule has 6 heteroatoms. The van der Waals surface area contributed by atoms with Gasteiger partial charge < -0.3 is 4.57 Å². The molecule has 3 aromatic heterocycles. The van der Waals surface area contributed by atoms with Crippen molar-refractivity contribution in [1.29, 1.82) is 0 Å². The molecule has 0 saturated carbocycles. The Morgan fingerprint density at radius 2 is 1.17 bits per heavy atom. The van der Waals surface area contributed by atoms with Gasteiger partial charge in [-0.05, 0) is 103 Å². The van der Waals surface area contributed by atoms with E-state index in [1.165, 1.54) is 43.2 Å². The van der Waals surface area contributed by atoms with Gasteiger partial charge in [0.25, 0.3) is 0 Å². The molecule has 0 N–H and O–H groups in total. The number of hydrogen-bond donors (Lipinski definition) is 0. The fraction of sp³-hybridized carbons (Fsp3) is 0.111. The normalized spacial score (nSPS) is 11.9. The van der Waals surface area contributed by atoms with Crippen LogP contribution in [0.3, 0.4) is 0 Å². The van der Waals surface area contributed by atoms with Crippen LogP contribution in [-0.2, 0) is 26.6 Å². The molecule has 296 valence electrons. The number of rotatable bonds is 7. The van der Waals surface area contributed by atoms with Gasteiger partial charge >= 0.3 is 0 Å². The molecule has 0 unspecified atom stereocenters. The van der Waals surface area contributed by atoms with E-state index in [4.69, 9.17) is 4.98 Å². The molecule has 0 fully saturated rings. The van der Waals surface area contributed by atoms with E-state index in [1.54, 1.807) is 0 Å². The van der Waals surface area contributed by atoms with Crippen molar-refractivity contribution < 1.29 is 21.1 Å². The number of imidazole rings is 1. The van der Waals surface area contributed by atoms with Crippen LogP contribution in [0.1, 0.15) is 31.9 Å². The van der Waals surface area contributed by atoms with E-state index in [0.29, 0.717) is 0 Å². The summed E-state index contributed by atoms with van der Waals surface area (Å²) >= 11 is 0. The Kier molecular flexibility index (Phi) is 10.1. The predicted octanol–water partition coefficient (Wildman–Crippen LogP) is 10.2. The Balaban J connectivity index is 0.00000462. The summed E-state index contributed by atoms with van der Waals surface area (Å²) in [7, 11) is -3.10. The van der Waals surface area contributed by atoms with Crippen molar-refractivity contribution in [2.75, 3.05) is 0 Å². The Labute approximate surface area is 367 Å². The number of pyridine rings is 1. The first-order valence-electron chi connectivity index (χ1n) is 20.4. The molecule has 0 radical (unpaired) electrons. The Morgan fingerprint density at radius 3 is 1.85 bits per heavy atom. The molecular weight excluding hydrogens is 928 g/mol. The van der Waals surface area contributed by atoms with Crippen LogP contribution in [0, 0.1) is 26.0 Å². The summed E-state index contributed by atoms with van der Waals surface area (Å²) in [6.07, 6.45) is 4.19. The zero-order valence-electron chi connectivity index (χ0n) is 34.4. The van der Waals surface area contributed by atoms with Crippen molar-refractivity contribution in [3.63, 3.8) is 0 Å². The van der Waals surface area contributed by atoms with Crippen molar-refractivity contribution in [2.24, 2.45) is 0 Å². The number of hydrogen-bond acceptors (Lipinski definition) is 1. The molecule has 4 nitrogen and oxygen atoms in total. The SMILES string of the molecule is Cc1cccc(C)c1-c1ccnc(-n2c3[c-]c([Si](c4[c-]c(-n5[cH+]n(C(C)(C)C)c6ccccc65)ccc4)(c4ccccc4)c4ccccc4)ccc3c3ccccc32)c1.[Pt]. The Bertz CT molecular complexity index is 3120. The van der Waals surface area contributed by atoms with Crippen LogP contribution < -0.4 is 20.7 Å². The molecule has 7 aromatic carbocycles. The first-order chi connectivity index (χ1) is 28.7. The first-order valence-corrected chi connectivity index (χ1v) is 22.4. The van der Waals surface area contributed by atoms with Gasteiger partial charge in [0.05, 0.1) is 5.54 Å². The summed E-state index contributed by atoms with van der Waals surface area (Å²) in [5.74, 6) is 0.872. The zero-order chi connectivity index (χ0) is 40.3. The van der Waals surface area contributed by atoms with Crippen LogP contribution >= 0.6 is 0 Å². The van der Waals surface area contributed by atoms with E-state index in [2.05, 4.69) is 237 Å². The van der Waals surface area contributed by atoms with Gasteiger partial charge in [-0.1, -0.05) is 103 Å². The third-order valence-electron chi connectivity index (χ3n) is 11.9. The van der Waals surface area contributed by atoms with E-state index in [-0.39, 0.29) is 26.6 Å². The molecule has 0 spiro atoms. The average Bonchev–Trinajstić information content (AvgIpc) is 3.82. The summed E-state index contributed by atoms with van der Waals surface area (Å²) in [5, 5.41) is 7.20. The van der Waals surface area contributed by atoms with Crippen LogP contribution in [0.5, 0.6) is 0 Å². The summed E-state index contributed by atoms with van der Waals surface area (Å²) in [6.45, 7) is 11.1. The summed E-state index contributed by atoms with van der Waals surface area (Å²) in [6, 6.07) is 70.0. The van der Waals surface area contributed by atoms with E-state index in [1.807, 2.05) is 6.20 Å². The van der Waals surface area contributed by atoms with Crippen LogP contribution in [-0.4, -0.2) is 26.8 Å². The molecule has 0 aliphatic heterocycles. The number of benzene rings is 7. The van der Waals surface area contributed by atoms with Crippen LogP contribution in [0.15, 0.2) is 182 Å². The number of fused-ring (bicyclic) bond motifs is 4. The predicted molar refractivity (Wildman–Crippen MR) is 249 cm³/mol. The quantitative estimate of drug-likeness (QED) is 0.0889. The molecule has 0 amide bonds. The topological polar surface area (TPSA) is 27.7 Å². The Morgan fingerprint density at radius 1 is 0.567 bits per heavy atom. The maximum atomic E-state index is 5.07. The minimum Gasteiger partial charge on any atom is -0.319 e. The fourth-order valence-electron chi connectivity index (χ4n) is 9.28. The van der Waals surface area contributed by atoms with Gasteiger partial charge in [-0.3, -0.25) is 0 Å². The van der Waals surface area contributed by atoms with Gasteiger partial charge in [0.1, 0.15) is 13.9 Å². The van der Waals surface area contributed by atoms with Gasteiger partial charge in [0.2, 0.25) is 0 Å². The van der Waals surface area contributed by atoms with E-state index < -0.39 is 8.07 Å². The Hall–Kier alpha value is -6.13. The van der Waals surface area contributed by atoms with Crippen LogP contribution in [0.25, 0.3) is 55.5 Å². The average molecular weight is 973 g/mol. The molecule has 0 aliphatic rings. The van der Waals surface area contributed by atoms with E-state index >= 15 is 0 Å². The fourth-order valence-corrected chi connectivity index (χ4v) is 13.8. The van der Waals surface area contributed by atoms with Crippen LogP contribution in [0.4, 0.5) is 0 Å². The van der Waals surface area contributed by atoms with Crippen molar-refractivity contribution in [3.05, 3.63) is 206 Å². The first kappa shape index (κ1) is 39.3. The molecule has 3 heterocycles. The standard InChI is InChI=1S/C54H45N4Si.Pt/c1-38-18-16-19-39(2)53(38)40-32-33-55-52(34-40)58-48-27-13-12-26-46(48)47-31-30-45(36-51(47)58)59(42-21-8-6-9-22-42,43-23-10-7-11-24-43)44-25-17-20-41(35-44)56-37-57(54(3,4)5)50-29-15-14-28-49(50)56;/h6-34,37H,1-5H3;/q-1;. The van der Waals surface area contributed by atoms with Crippen LogP contribution in [0.2, 0.25) is 0 Å². The van der Waals surface area contributed by atoms with Gasteiger partial charge in [-0.15, -0.1) is 22.7 Å². The molecule has 0 saturated heterocycles. The second kappa shape index (κ2) is 15.5. The number of para-hydroxylation sites is 3.